The molecule has 1 aromatic carbocycles. The number of carboxylic acids is 1. The van der Waals surface area contributed by atoms with Crippen LogP contribution in [0.3, 0.4) is 0 Å². The summed E-state index contributed by atoms with van der Waals surface area (Å²) < 4.78 is 5.66. The van der Waals surface area contributed by atoms with Crippen molar-refractivity contribution in [1.29, 1.82) is 0 Å². The highest BCUT2D eigenvalue weighted by atomic mass is 16.5. The highest BCUT2D eigenvalue weighted by Gasteiger charge is 2.22. The first-order valence-corrected chi connectivity index (χ1v) is 7.83. The zero-order valence-corrected chi connectivity index (χ0v) is 12.8. The number of rotatable bonds is 8. The molecule has 0 radical (unpaired) electrons. The second-order valence-electron chi connectivity index (χ2n) is 5.82. The van der Waals surface area contributed by atoms with Gasteiger partial charge in [0.25, 0.3) is 0 Å². The smallest absolute Gasteiger partial charge is 0.303 e. The molecule has 1 aliphatic rings. The van der Waals surface area contributed by atoms with Crippen LogP contribution in [0.15, 0.2) is 24.3 Å². The average molecular weight is 291 g/mol. The topological polar surface area (TPSA) is 49.8 Å². The Labute approximate surface area is 126 Å². The fraction of sp³-hybridized carbons (Fsp3) is 0.588. The first-order chi connectivity index (χ1) is 10.2. The van der Waals surface area contributed by atoms with E-state index in [0.717, 1.165) is 51.3 Å². The predicted molar refractivity (Wildman–Crippen MR) is 82.5 cm³/mol. The molecule has 1 saturated heterocycles. The molecule has 4 nitrogen and oxygen atoms in total. The van der Waals surface area contributed by atoms with Gasteiger partial charge >= 0.3 is 5.97 Å². The summed E-state index contributed by atoms with van der Waals surface area (Å²) in [6.07, 6.45) is 3.21. The highest BCUT2D eigenvalue weighted by Crippen LogP contribution is 2.23. The third kappa shape index (κ3) is 5.38. The van der Waals surface area contributed by atoms with Gasteiger partial charge in [-0.3, -0.25) is 9.69 Å². The third-order valence-corrected chi connectivity index (χ3v) is 3.91. The summed E-state index contributed by atoms with van der Waals surface area (Å²) in [5.74, 6) is 0.783. The molecule has 1 N–H and O–H groups in total. The van der Waals surface area contributed by atoms with Gasteiger partial charge in [0.1, 0.15) is 5.75 Å². The minimum Gasteiger partial charge on any atom is -0.494 e. The van der Waals surface area contributed by atoms with Gasteiger partial charge in [0.15, 0.2) is 0 Å². The quantitative estimate of drug-likeness (QED) is 0.799. The maximum absolute atomic E-state index is 10.6. The van der Waals surface area contributed by atoms with Crippen molar-refractivity contribution < 1.29 is 14.6 Å². The van der Waals surface area contributed by atoms with Crippen LogP contribution in [-0.4, -0.2) is 35.7 Å². The molecule has 1 heterocycles. The van der Waals surface area contributed by atoms with E-state index < -0.39 is 5.97 Å². The Balaban J connectivity index is 1.81. The van der Waals surface area contributed by atoms with Crippen LogP contribution < -0.4 is 4.74 Å². The van der Waals surface area contributed by atoms with Crippen molar-refractivity contribution in [2.45, 2.75) is 39.2 Å². The molecule has 0 saturated carbocycles. The minimum absolute atomic E-state index is 0.291. The van der Waals surface area contributed by atoms with E-state index in [4.69, 9.17) is 9.84 Å². The second kappa shape index (κ2) is 8.03. The highest BCUT2D eigenvalue weighted by molar-refractivity contribution is 5.66. The predicted octanol–water partition coefficient (Wildman–Crippen LogP) is 3.16. The van der Waals surface area contributed by atoms with Crippen molar-refractivity contribution in [2.24, 2.45) is 5.92 Å². The molecule has 1 atom stereocenters. The lowest BCUT2D eigenvalue weighted by Crippen LogP contribution is -2.20. The van der Waals surface area contributed by atoms with Crippen LogP contribution in [0.5, 0.6) is 5.75 Å². The zero-order valence-electron chi connectivity index (χ0n) is 12.8. The van der Waals surface area contributed by atoms with E-state index in [1.807, 2.05) is 12.1 Å². The molecule has 0 bridgehead atoms. The Bertz CT molecular complexity index is 461. The Kier molecular flexibility index (Phi) is 6.05. The lowest BCUT2D eigenvalue weighted by molar-refractivity contribution is -0.137. The van der Waals surface area contributed by atoms with Crippen LogP contribution in [0.4, 0.5) is 0 Å². The summed E-state index contributed by atoms with van der Waals surface area (Å²) in [5, 5.41) is 8.75. The summed E-state index contributed by atoms with van der Waals surface area (Å²) in [6, 6.07) is 8.28. The Hall–Kier alpha value is -1.55. The van der Waals surface area contributed by atoms with Crippen LogP contribution in [0.25, 0.3) is 0 Å². The van der Waals surface area contributed by atoms with E-state index in [0.29, 0.717) is 12.3 Å². The largest absolute Gasteiger partial charge is 0.494 e. The number of nitrogens with zero attached hydrogens (tertiary/aromatic N) is 1. The first-order valence-electron chi connectivity index (χ1n) is 7.83. The number of ether oxygens (including phenoxy) is 1. The average Bonchev–Trinajstić information content (AvgIpc) is 2.91. The molecular weight excluding hydrogens is 266 g/mol. The number of hydrogen-bond acceptors (Lipinski definition) is 3. The van der Waals surface area contributed by atoms with E-state index in [2.05, 4.69) is 24.0 Å². The van der Waals surface area contributed by atoms with Gasteiger partial charge in [-0.1, -0.05) is 19.1 Å². The lowest BCUT2D eigenvalue weighted by Gasteiger charge is -2.16. The van der Waals surface area contributed by atoms with Crippen molar-refractivity contribution >= 4 is 5.97 Å². The fourth-order valence-electron chi connectivity index (χ4n) is 2.83. The molecular formula is C17H25NO3. The van der Waals surface area contributed by atoms with Gasteiger partial charge < -0.3 is 9.84 Å². The van der Waals surface area contributed by atoms with Crippen LogP contribution in [0, 0.1) is 5.92 Å². The molecule has 2 rings (SSSR count). The second-order valence-corrected chi connectivity index (χ2v) is 5.82. The molecule has 4 heteroatoms. The van der Waals surface area contributed by atoms with Gasteiger partial charge in [-0.15, -0.1) is 0 Å². The Morgan fingerprint density at radius 1 is 1.48 bits per heavy atom. The standard InChI is InChI=1S/C17H25NO3/c1-2-10-21-16-5-3-4-15(11-16)13-18-9-8-14(12-18)6-7-17(19)20/h3-5,11,14H,2,6-10,12-13H2,1H3,(H,19,20). The molecule has 1 unspecified atom stereocenters. The summed E-state index contributed by atoms with van der Waals surface area (Å²) in [5.41, 5.74) is 1.27. The third-order valence-electron chi connectivity index (χ3n) is 3.91. The SMILES string of the molecule is CCCOc1cccc(CN2CCC(CCC(=O)O)C2)c1. The minimum atomic E-state index is -0.686. The lowest BCUT2D eigenvalue weighted by atomic mass is 10.0. The summed E-state index contributed by atoms with van der Waals surface area (Å²) in [4.78, 5) is 13.0. The van der Waals surface area contributed by atoms with Gasteiger partial charge in [-0.2, -0.15) is 0 Å². The molecule has 116 valence electrons. The van der Waals surface area contributed by atoms with Gasteiger partial charge in [0, 0.05) is 19.5 Å². The van der Waals surface area contributed by atoms with Gasteiger partial charge in [0.2, 0.25) is 0 Å². The van der Waals surface area contributed by atoms with Gasteiger partial charge in [-0.05, 0) is 49.4 Å². The number of carbonyl (C=O) groups is 1. The van der Waals surface area contributed by atoms with Crippen LogP contribution >= 0.6 is 0 Å². The molecule has 1 fully saturated rings. The molecule has 0 aliphatic carbocycles. The number of carboxylic acid groups (broad SMARTS) is 1. The van der Waals surface area contributed by atoms with Crippen molar-refractivity contribution in [2.75, 3.05) is 19.7 Å². The van der Waals surface area contributed by atoms with E-state index >= 15 is 0 Å². The Morgan fingerprint density at radius 3 is 3.10 bits per heavy atom. The van der Waals surface area contributed by atoms with Crippen molar-refractivity contribution in [1.82, 2.24) is 4.90 Å². The van der Waals surface area contributed by atoms with Gasteiger partial charge in [0.05, 0.1) is 6.61 Å². The van der Waals surface area contributed by atoms with E-state index in [1.54, 1.807) is 0 Å². The molecule has 21 heavy (non-hydrogen) atoms. The first kappa shape index (κ1) is 15.8. The number of likely N-dealkylation sites (tertiary alicyclic amines) is 1. The fourth-order valence-corrected chi connectivity index (χ4v) is 2.83. The maximum atomic E-state index is 10.6. The summed E-state index contributed by atoms with van der Waals surface area (Å²) in [7, 11) is 0. The van der Waals surface area contributed by atoms with Crippen LogP contribution in [0.1, 0.15) is 38.2 Å². The van der Waals surface area contributed by atoms with Crippen molar-refractivity contribution in [3.63, 3.8) is 0 Å². The van der Waals surface area contributed by atoms with Gasteiger partial charge in [-0.25, -0.2) is 0 Å². The maximum Gasteiger partial charge on any atom is 0.303 e. The van der Waals surface area contributed by atoms with Crippen molar-refractivity contribution in [3.05, 3.63) is 29.8 Å². The zero-order chi connectivity index (χ0) is 15.1. The Morgan fingerprint density at radius 2 is 2.33 bits per heavy atom. The van der Waals surface area contributed by atoms with Crippen LogP contribution in [0.2, 0.25) is 0 Å². The van der Waals surface area contributed by atoms with Crippen molar-refractivity contribution in [3.8, 4) is 5.75 Å². The number of aliphatic carboxylic acids is 1. The number of hydrogen-bond donors (Lipinski definition) is 1. The normalized spacial score (nSPS) is 18.8. The van der Waals surface area contributed by atoms with E-state index in [1.165, 1.54) is 5.56 Å². The molecule has 0 aromatic heterocycles. The number of benzene rings is 1. The van der Waals surface area contributed by atoms with E-state index in [-0.39, 0.29) is 0 Å². The monoisotopic (exact) mass is 291 g/mol. The molecule has 0 spiro atoms. The summed E-state index contributed by atoms with van der Waals surface area (Å²) >= 11 is 0. The molecule has 0 amide bonds. The summed E-state index contributed by atoms with van der Waals surface area (Å²) in [6.45, 7) is 5.85. The van der Waals surface area contributed by atoms with Crippen LogP contribution in [-0.2, 0) is 11.3 Å². The molecule has 1 aromatic rings. The van der Waals surface area contributed by atoms with E-state index in [9.17, 15) is 4.79 Å². The molecule has 1 aliphatic heterocycles.